The first kappa shape index (κ1) is 19.0. The van der Waals surface area contributed by atoms with E-state index in [0.29, 0.717) is 37.1 Å². The fraction of sp³-hybridized carbons (Fsp3) is 0.545. The second kappa shape index (κ2) is 7.59. The Balaban J connectivity index is 1.48. The van der Waals surface area contributed by atoms with Gasteiger partial charge in [0, 0.05) is 63.4 Å². The normalized spacial score (nSPS) is 22.7. The summed E-state index contributed by atoms with van der Waals surface area (Å²) >= 11 is 0. The van der Waals surface area contributed by atoms with Crippen LogP contribution in [0.4, 0.5) is 5.69 Å². The number of carbonyl (C=O) groups is 2. The van der Waals surface area contributed by atoms with Crippen molar-refractivity contribution in [2.24, 2.45) is 0 Å². The summed E-state index contributed by atoms with van der Waals surface area (Å²) in [7, 11) is 0. The van der Waals surface area contributed by atoms with Gasteiger partial charge in [0.2, 0.25) is 0 Å². The van der Waals surface area contributed by atoms with Crippen LogP contribution in [-0.4, -0.2) is 73.1 Å². The van der Waals surface area contributed by atoms with Gasteiger partial charge in [0.1, 0.15) is 5.60 Å². The Bertz CT molecular complexity index is 773. The number of carbonyl (C=O) groups excluding carboxylic acids is 2. The maximum atomic E-state index is 13.4. The van der Waals surface area contributed by atoms with Gasteiger partial charge >= 0.3 is 5.97 Å². The molecule has 2 saturated heterocycles. The molecule has 3 aliphatic heterocycles. The van der Waals surface area contributed by atoms with Crippen molar-refractivity contribution < 1.29 is 14.3 Å². The molecule has 28 heavy (non-hydrogen) atoms. The molecule has 3 heterocycles. The predicted molar refractivity (Wildman–Crippen MR) is 108 cm³/mol. The van der Waals surface area contributed by atoms with Gasteiger partial charge in [-0.2, -0.15) is 0 Å². The first-order chi connectivity index (χ1) is 13.5. The topological polar surface area (TPSA) is 53.1 Å². The fourth-order valence-corrected chi connectivity index (χ4v) is 4.65. The lowest BCUT2D eigenvalue weighted by Crippen LogP contribution is -2.53. The number of amides is 1. The molecule has 6 nitrogen and oxygen atoms in total. The molecule has 4 rings (SSSR count). The zero-order chi connectivity index (χ0) is 19.7. The highest BCUT2D eigenvalue weighted by Crippen LogP contribution is 2.41. The summed E-state index contributed by atoms with van der Waals surface area (Å²) in [6, 6.07) is 10.3. The number of piperidine rings is 1. The van der Waals surface area contributed by atoms with Crippen LogP contribution in [0.3, 0.4) is 0 Å². The van der Waals surface area contributed by atoms with Gasteiger partial charge in [0.25, 0.3) is 5.91 Å². The first-order valence-corrected chi connectivity index (χ1v) is 10.3. The molecule has 0 unspecified atom stereocenters. The number of anilines is 1. The maximum absolute atomic E-state index is 13.4. The van der Waals surface area contributed by atoms with Gasteiger partial charge in [-0.1, -0.05) is 25.1 Å². The average Bonchev–Trinajstić information content (AvgIpc) is 2.98. The summed E-state index contributed by atoms with van der Waals surface area (Å²) < 4.78 is 5.81. The van der Waals surface area contributed by atoms with E-state index in [-0.39, 0.29) is 11.9 Å². The van der Waals surface area contributed by atoms with Gasteiger partial charge in [0.05, 0.1) is 5.57 Å². The van der Waals surface area contributed by atoms with Gasteiger partial charge in [-0.05, 0) is 25.6 Å². The molecule has 0 saturated carbocycles. The molecule has 1 aromatic carbocycles. The number of hydrogen-bond acceptors (Lipinski definition) is 5. The van der Waals surface area contributed by atoms with Gasteiger partial charge in [0.15, 0.2) is 0 Å². The van der Waals surface area contributed by atoms with Gasteiger partial charge in [-0.15, -0.1) is 0 Å². The number of piperazine rings is 1. The minimum atomic E-state index is -0.722. The predicted octanol–water partition coefficient (Wildman–Crippen LogP) is 2.06. The number of likely N-dealkylation sites (tertiary alicyclic amines) is 1. The van der Waals surface area contributed by atoms with E-state index in [9.17, 15) is 9.59 Å². The van der Waals surface area contributed by atoms with Crippen LogP contribution in [0.1, 0.15) is 26.7 Å². The maximum Gasteiger partial charge on any atom is 0.335 e. The molecule has 1 amide bonds. The average molecular weight is 383 g/mol. The zero-order valence-electron chi connectivity index (χ0n) is 16.8. The molecule has 0 radical (unpaired) electrons. The van der Waals surface area contributed by atoms with Crippen LogP contribution < -0.4 is 4.90 Å². The minimum absolute atomic E-state index is 0.0130. The molecule has 0 aromatic heterocycles. The standard InChI is InChI=1S/C22H29N3O3/c1-3-23-11-9-22(10-12-23)19(17(2)21(27)28-22)20(26)25-15-13-24(14-16-25)18-7-5-4-6-8-18/h4-8H,3,9-16H2,1-2H3. The largest absolute Gasteiger partial charge is 0.450 e. The molecule has 1 aromatic rings. The molecule has 0 aliphatic carbocycles. The van der Waals surface area contributed by atoms with Crippen molar-refractivity contribution in [3.63, 3.8) is 0 Å². The van der Waals surface area contributed by atoms with E-state index in [0.717, 1.165) is 32.7 Å². The lowest BCUT2D eigenvalue weighted by Gasteiger charge is -2.41. The summed E-state index contributed by atoms with van der Waals surface area (Å²) in [5.41, 5.74) is 1.58. The SMILES string of the molecule is CCN1CCC2(CC1)OC(=O)C(C)=C2C(=O)N1CCN(c2ccccc2)CC1. The number of ether oxygens (including phenoxy) is 1. The quantitative estimate of drug-likeness (QED) is 0.748. The summed E-state index contributed by atoms with van der Waals surface area (Å²) in [5.74, 6) is -0.336. The molecular weight excluding hydrogens is 354 g/mol. The van der Waals surface area contributed by atoms with Crippen molar-refractivity contribution in [3.8, 4) is 0 Å². The van der Waals surface area contributed by atoms with Crippen LogP contribution in [0.25, 0.3) is 0 Å². The third-order valence-corrected chi connectivity index (χ3v) is 6.44. The lowest BCUT2D eigenvalue weighted by molar-refractivity contribution is -0.151. The van der Waals surface area contributed by atoms with Crippen molar-refractivity contribution >= 4 is 17.6 Å². The molecule has 6 heteroatoms. The number of esters is 1. The molecule has 2 fully saturated rings. The van der Waals surface area contributed by atoms with Crippen molar-refractivity contribution in [3.05, 3.63) is 41.5 Å². The van der Waals surface area contributed by atoms with E-state index < -0.39 is 5.60 Å². The lowest BCUT2D eigenvalue weighted by atomic mass is 9.82. The Morgan fingerprint density at radius 1 is 1.04 bits per heavy atom. The number of rotatable bonds is 3. The highest BCUT2D eigenvalue weighted by atomic mass is 16.6. The van der Waals surface area contributed by atoms with Crippen molar-refractivity contribution in [1.29, 1.82) is 0 Å². The number of hydrogen-bond donors (Lipinski definition) is 0. The van der Waals surface area contributed by atoms with E-state index >= 15 is 0 Å². The third kappa shape index (κ3) is 3.30. The molecule has 0 atom stereocenters. The van der Waals surface area contributed by atoms with Crippen LogP contribution in [0.5, 0.6) is 0 Å². The van der Waals surface area contributed by atoms with Gasteiger partial charge in [-0.3, -0.25) is 4.79 Å². The van der Waals surface area contributed by atoms with Gasteiger partial charge in [-0.25, -0.2) is 4.79 Å². The Kier molecular flexibility index (Phi) is 5.15. The Labute approximate surface area is 166 Å². The Morgan fingerprint density at radius 2 is 1.68 bits per heavy atom. The van der Waals surface area contributed by atoms with Crippen LogP contribution in [0.15, 0.2) is 41.5 Å². The summed E-state index contributed by atoms with van der Waals surface area (Å²) in [5, 5.41) is 0. The van der Waals surface area contributed by atoms with Crippen molar-refractivity contribution in [2.75, 3.05) is 50.7 Å². The highest BCUT2D eigenvalue weighted by molar-refractivity contribution is 6.07. The molecule has 3 aliphatic rings. The van der Waals surface area contributed by atoms with Crippen LogP contribution in [0, 0.1) is 0 Å². The molecule has 1 spiro atoms. The summed E-state index contributed by atoms with van der Waals surface area (Å²) in [6.45, 7) is 9.50. The van der Waals surface area contributed by atoms with Crippen molar-refractivity contribution in [1.82, 2.24) is 9.80 Å². The van der Waals surface area contributed by atoms with E-state index in [2.05, 4.69) is 28.9 Å². The van der Waals surface area contributed by atoms with Crippen molar-refractivity contribution in [2.45, 2.75) is 32.3 Å². The number of para-hydroxylation sites is 1. The third-order valence-electron chi connectivity index (χ3n) is 6.44. The second-order valence-corrected chi connectivity index (χ2v) is 7.93. The van der Waals surface area contributed by atoms with Gasteiger partial charge < -0.3 is 19.4 Å². The highest BCUT2D eigenvalue weighted by Gasteiger charge is 2.51. The Hall–Kier alpha value is -2.34. The summed E-state index contributed by atoms with van der Waals surface area (Å²) in [6.07, 6.45) is 1.41. The summed E-state index contributed by atoms with van der Waals surface area (Å²) in [4.78, 5) is 32.3. The number of benzene rings is 1. The fourth-order valence-electron chi connectivity index (χ4n) is 4.65. The minimum Gasteiger partial charge on any atom is -0.450 e. The second-order valence-electron chi connectivity index (χ2n) is 7.93. The van der Waals surface area contributed by atoms with Crippen LogP contribution in [0.2, 0.25) is 0 Å². The van der Waals surface area contributed by atoms with E-state index in [1.54, 1.807) is 6.92 Å². The number of nitrogens with zero attached hydrogens (tertiary/aromatic N) is 3. The van der Waals surface area contributed by atoms with Crippen LogP contribution >= 0.6 is 0 Å². The van der Waals surface area contributed by atoms with E-state index in [1.807, 2.05) is 23.1 Å². The van der Waals surface area contributed by atoms with Crippen LogP contribution in [-0.2, 0) is 14.3 Å². The monoisotopic (exact) mass is 383 g/mol. The van der Waals surface area contributed by atoms with E-state index in [4.69, 9.17) is 4.74 Å². The molecular formula is C22H29N3O3. The first-order valence-electron chi connectivity index (χ1n) is 10.3. The molecule has 150 valence electrons. The zero-order valence-corrected chi connectivity index (χ0v) is 16.8. The molecule has 0 bridgehead atoms. The van der Waals surface area contributed by atoms with E-state index in [1.165, 1.54) is 5.69 Å². The Morgan fingerprint density at radius 3 is 2.29 bits per heavy atom. The smallest absolute Gasteiger partial charge is 0.335 e. The molecule has 0 N–H and O–H groups in total.